The van der Waals surface area contributed by atoms with Gasteiger partial charge in [0, 0.05) is 11.1 Å². The van der Waals surface area contributed by atoms with Crippen LogP contribution < -0.4 is 4.74 Å². The quantitative estimate of drug-likeness (QED) is 0.206. The van der Waals surface area contributed by atoms with Crippen LogP contribution in [0, 0.1) is 0 Å². The number of aliphatic hydroxyl groups is 4. The van der Waals surface area contributed by atoms with Crippen LogP contribution in [0.25, 0.3) is 0 Å². The zero-order valence-electron chi connectivity index (χ0n) is 14.3. The number of methoxy groups -OCH3 is 1. The molecule has 29 heavy (non-hydrogen) atoms. The van der Waals surface area contributed by atoms with E-state index in [1.807, 2.05) is 0 Å². The van der Waals surface area contributed by atoms with E-state index in [-0.39, 0.29) is 40.2 Å². The Bertz CT molecular complexity index is 750. The summed E-state index contributed by atoms with van der Waals surface area (Å²) in [6, 6.07) is 5.29. The summed E-state index contributed by atoms with van der Waals surface area (Å²) in [5.74, 6) is 0.355. The van der Waals surface area contributed by atoms with Gasteiger partial charge in [-0.2, -0.15) is 0 Å². The van der Waals surface area contributed by atoms with Crippen molar-refractivity contribution < 1.29 is 30.3 Å². The summed E-state index contributed by atoms with van der Waals surface area (Å²) in [5, 5.41) is 44.7. The van der Waals surface area contributed by atoms with Crippen LogP contribution in [0.15, 0.2) is 24.3 Å². The molecule has 0 aliphatic carbocycles. The smallest absolute Gasteiger partial charge is 0.369 e. The first-order chi connectivity index (χ1) is 13.3. The third-order valence-electron chi connectivity index (χ3n) is 2.87. The summed E-state index contributed by atoms with van der Waals surface area (Å²) < 4.78 is 5.15. The molecule has 0 spiro atoms. The predicted octanol–water partition coefficient (Wildman–Crippen LogP) is 5.82. The maximum absolute atomic E-state index is 8.97. The summed E-state index contributed by atoms with van der Waals surface area (Å²) in [5.41, 5.74) is 0.0836. The molecule has 0 saturated carbocycles. The molecule has 14 heteroatoms. The van der Waals surface area contributed by atoms with Crippen molar-refractivity contribution in [2.75, 3.05) is 7.11 Å². The number of hydrogen-bond acceptors (Lipinski definition) is 6. The Labute approximate surface area is 212 Å². The largest absolute Gasteiger partial charge is 0.508 e. The van der Waals surface area contributed by atoms with E-state index in [4.69, 9.17) is 76.7 Å². The van der Waals surface area contributed by atoms with Gasteiger partial charge in [0.1, 0.15) is 11.5 Å². The number of ether oxygens (including phenoxy) is 1. The molecular formula is C15H14BBr3Cl4O6. The zero-order chi connectivity index (χ0) is 22.9. The number of aliphatic hydroxyl groups excluding tert-OH is 2. The lowest BCUT2D eigenvalue weighted by atomic mass is 10.2. The van der Waals surface area contributed by atoms with Crippen molar-refractivity contribution in [3.63, 3.8) is 0 Å². The van der Waals surface area contributed by atoms with Crippen molar-refractivity contribution in [2.24, 2.45) is 0 Å². The number of aromatic hydroxyl groups is 1. The lowest BCUT2D eigenvalue weighted by Gasteiger charge is -2.10. The minimum absolute atomic E-state index is 0.00358. The van der Waals surface area contributed by atoms with Crippen molar-refractivity contribution in [1.82, 2.24) is 0 Å². The van der Waals surface area contributed by atoms with Crippen molar-refractivity contribution >= 4 is 96.9 Å². The average Bonchev–Trinajstić information content (AvgIpc) is 2.52. The lowest BCUT2D eigenvalue weighted by molar-refractivity contribution is -0.0429. The van der Waals surface area contributed by atoms with Gasteiger partial charge in [-0.3, -0.25) is 0 Å². The van der Waals surface area contributed by atoms with Crippen LogP contribution in [0.3, 0.4) is 0 Å². The highest BCUT2D eigenvalue weighted by atomic mass is 79.9. The number of phenolic OH excluding ortho intramolecular Hbond substituents is 1. The maximum Gasteiger partial charge on any atom is 0.369 e. The summed E-state index contributed by atoms with van der Waals surface area (Å²) in [6.07, 6.45) is -3.41. The van der Waals surface area contributed by atoms with Crippen molar-refractivity contribution in [1.29, 1.82) is 0 Å². The second-order valence-electron chi connectivity index (χ2n) is 4.82. The number of rotatable bonds is 3. The molecule has 162 valence electrons. The second-order valence-corrected chi connectivity index (χ2v) is 12.9. The molecule has 5 N–H and O–H groups in total. The van der Waals surface area contributed by atoms with Gasteiger partial charge in [-0.1, -0.05) is 46.4 Å². The Kier molecular flexibility index (Phi) is 14.9. The highest BCUT2D eigenvalue weighted by Crippen LogP contribution is 2.34. The number of phenols is 1. The maximum atomic E-state index is 8.97. The minimum atomic E-state index is -1.73. The van der Waals surface area contributed by atoms with E-state index in [1.54, 1.807) is 0 Å². The molecule has 0 aliphatic rings. The molecule has 2 rings (SSSR count). The molecule has 0 saturated heterocycles. The SMILES string of the molecule is BrB(Br)Br.COc1cc(Cl)c(C(O)O)c(Cl)c1.Oc1cc(Cl)c(C(O)O)c(Cl)c1. The fourth-order valence-corrected chi connectivity index (χ4v) is 3.08. The van der Waals surface area contributed by atoms with Crippen LogP contribution in [0.5, 0.6) is 11.5 Å². The molecule has 0 amide bonds. The number of benzene rings is 2. The average molecular weight is 683 g/mol. The van der Waals surface area contributed by atoms with E-state index in [9.17, 15) is 0 Å². The summed E-state index contributed by atoms with van der Waals surface area (Å²) >= 11 is 31.9. The Morgan fingerprint density at radius 3 is 1.28 bits per heavy atom. The third kappa shape index (κ3) is 11.1. The van der Waals surface area contributed by atoms with Crippen LogP contribution in [-0.2, 0) is 0 Å². The first-order valence-corrected chi connectivity index (χ1v) is 11.4. The van der Waals surface area contributed by atoms with E-state index in [1.165, 1.54) is 31.4 Å². The summed E-state index contributed by atoms with van der Waals surface area (Å²) in [6.45, 7) is 0. The summed E-state index contributed by atoms with van der Waals surface area (Å²) in [4.78, 5) is 0. The fourth-order valence-electron chi connectivity index (χ4n) is 1.74. The Morgan fingerprint density at radius 2 is 1.03 bits per heavy atom. The number of halogens is 7. The van der Waals surface area contributed by atoms with Gasteiger partial charge in [-0.15, -0.1) is 47.3 Å². The zero-order valence-corrected chi connectivity index (χ0v) is 22.1. The van der Waals surface area contributed by atoms with Crippen LogP contribution in [0.4, 0.5) is 0 Å². The van der Waals surface area contributed by atoms with Crippen molar-refractivity contribution in [3.05, 3.63) is 55.5 Å². The van der Waals surface area contributed by atoms with E-state index in [0.29, 0.717) is 5.75 Å². The fraction of sp³-hybridized carbons (Fsp3) is 0.200. The van der Waals surface area contributed by atoms with Gasteiger partial charge in [0.2, 0.25) is 0 Å². The van der Waals surface area contributed by atoms with Gasteiger partial charge in [0.05, 0.1) is 27.2 Å². The van der Waals surface area contributed by atoms with E-state index >= 15 is 0 Å². The molecule has 0 aliphatic heterocycles. The van der Waals surface area contributed by atoms with Crippen LogP contribution in [0.1, 0.15) is 23.7 Å². The Balaban J connectivity index is 0.000000459. The van der Waals surface area contributed by atoms with Crippen LogP contribution in [-0.4, -0.2) is 35.8 Å². The first-order valence-electron chi connectivity index (χ1n) is 7.17. The van der Waals surface area contributed by atoms with E-state index < -0.39 is 12.6 Å². The molecule has 0 aromatic heterocycles. The Morgan fingerprint density at radius 1 is 0.759 bits per heavy atom. The third-order valence-corrected chi connectivity index (χ3v) is 4.12. The molecule has 6 nitrogen and oxygen atoms in total. The van der Waals surface area contributed by atoms with Gasteiger partial charge in [-0.25, -0.2) is 0 Å². The second kappa shape index (κ2) is 14.6. The molecule has 0 heterocycles. The molecule has 0 bridgehead atoms. The van der Waals surface area contributed by atoms with Gasteiger partial charge >= 0.3 is 3.18 Å². The highest BCUT2D eigenvalue weighted by Gasteiger charge is 2.15. The van der Waals surface area contributed by atoms with Crippen LogP contribution >= 0.6 is 93.7 Å². The summed E-state index contributed by atoms with van der Waals surface area (Å²) in [7, 11) is 1.47. The van der Waals surface area contributed by atoms with E-state index in [2.05, 4.69) is 47.3 Å². The van der Waals surface area contributed by atoms with Crippen molar-refractivity contribution in [2.45, 2.75) is 12.6 Å². The molecule has 0 atom stereocenters. The molecule has 2 aromatic carbocycles. The Hall–Kier alpha value is 0.545. The van der Waals surface area contributed by atoms with Gasteiger partial charge in [0.15, 0.2) is 12.6 Å². The predicted molar refractivity (Wildman–Crippen MR) is 128 cm³/mol. The van der Waals surface area contributed by atoms with Gasteiger partial charge in [0.25, 0.3) is 0 Å². The monoisotopic (exact) mass is 678 g/mol. The standard InChI is InChI=1S/C8H8Cl2O3.C7H6Cl2O3.BBr3/c1-13-4-2-5(9)7(8(11)12)6(10)3-4;8-4-1-3(10)2-5(9)6(4)7(11)12;2-1(3)4/h2-3,8,11-12H,1H3;1-2,7,10-12H;. The lowest BCUT2D eigenvalue weighted by Crippen LogP contribution is -1.98. The molecule has 0 radical (unpaired) electrons. The van der Waals surface area contributed by atoms with Crippen LogP contribution in [0.2, 0.25) is 20.1 Å². The van der Waals surface area contributed by atoms with E-state index in [0.717, 1.165) is 0 Å². The molecular weight excluding hydrogens is 668 g/mol. The molecule has 0 fully saturated rings. The van der Waals surface area contributed by atoms with Crippen molar-refractivity contribution in [3.8, 4) is 11.5 Å². The molecule has 0 unspecified atom stereocenters. The number of hydrogen-bond donors (Lipinski definition) is 5. The normalized spacial score (nSPS) is 10.1. The van der Waals surface area contributed by atoms with Gasteiger partial charge < -0.3 is 30.3 Å². The van der Waals surface area contributed by atoms with Gasteiger partial charge in [-0.05, 0) is 24.3 Å². The minimum Gasteiger partial charge on any atom is -0.508 e. The first kappa shape index (κ1) is 29.5. The topological polar surface area (TPSA) is 110 Å². The molecule has 2 aromatic rings. The highest BCUT2D eigenvalue weighted by molar-refractivity contribution is 9.69.